The minimum absolute atomic E-state index is 0.00911. The molecule has 70 valence electrons. The predicted molar refractivity (Wildman–Crippen MR) is 56.5 cm³/mol. The van der Waals surface area contributed by atoms with Crippen LogP contribution in [0.2, 0.25) is 0 Å². The first-order valence-electron chi connectivity index (χ1n) is 3.65. The molecule has 0 saturated carbocycles. The van der Waals surface area contributed by atoms with Gasteiger partial charge >= 0.3 is 5.97 Å². The second-order valence-electron chi connectivity index (χ2n) is 2.35. The fourth-order valence-corrected chi connectivity index (χ4v) is 1.14. The third kappa shape index (κ3) is 3.31. The molecule has 0 fully saturated rings. The summed E-state index contributed by atoms with van der Waals surface area (Å²) in [6, 6.07) is 7.15. The number of halogens is 1. The quantitative estimate of drug-likeness (QED) is 0.486. The van der Waals surface area contributed by atoms with Crippen LogP contribution >= 0.6 is 22.6 Å². The predicted octanol–water partition coefficient (Wildman–Crippen LogP) is 2.05. The summed E-state index contributed by atoms with van der Waals surface area (Å²) in [5.41, 5.74) is 0.539. The lowest BCUT2D eigenvalue weighted by atomic mass is 10.2. The van der Waals surface area contributed by atoms with Gasteiger partial charge in [-0.05, 0) is 46.9 Å². The van der Waals surface area contributed by atoms with Gasteiger partial charge in [0.15, 0.2) is 6.79 Å². The molecule has 0 unspecified atom stereocenters. The lowest BCUT2D eigenvalue weighted by Gasteiger charge is -2.02. The third-order valence-corrected chi connectivity index (χ3v) is 2.11. The van der Waals surface area contributed by atoms with Gasteiger partial charge in [-0.25, -0.2) is 4.79 Å². The maximum Gasteiger partial charge on any atom is 0.340 e. The van der Waals surface area contributed by atoms with Gasteiger partial charge in [0.25, 0.3) is 0 Å². The standard InChI is InChI=1S/C9H9IO3/c1-12-6-13-9(11)7-2-4-8(10)5-3-7/h2-5H,6H2,1H3. The summed E-state index contributed by atoms with van der Waals surface area (Å²) in [6.45, 7) is -0.00911. The molecule has 0 bridgehead atoms. The van der Waals surface area contributed by atoms with Gasteiger partial charge in [-0.2, -0.15) is 0 Å². The van der Waals surface area contributed by atoms with E-state index in [1.54, 1.807) is 12.1 Å². The molecular formula is C9H9IO3. The van der Waals surface area contributed by atoms with Crippen LogP contribution in [0.25, 0.3) is 0 Å². The number of hydrogen-bond acceptors (Lipinski definition) is 3. The highest BCUT2D eigenvalue weighted by Gasteiger charge is 2.05. The van der Waals surface area contributed by atoms with Gasteiger partial charge in [0.1, 0.15) is 0 Å². The van der Waals surface area contributed by atoms with Crippen LogP contribution in [-0.2, 0) is 9.47 Å². The van der Waals surface area contributed by atoms with E-state index >= 15 is 0 Å². The number of esters is 1. The molecule has 1 rings (SSSR count). The number of carbonyl (C=O) groups excluding carboxylic acids is 1. The van der Waals surface area contributed by atoms with E-state index in [0.717, 1.165) is 3.57 Å². The lowest BCUT2D eigenvalue weighted by molar-refractivity contribution is -0.0125. The molecule has 0 N–H and O–H groups in total. The molecule has 0 atom stereocenters. The number of rotatable bonds is 3. The molecule has 0 aliphatic heterocycles. The minimum atomic E-state index is -0.363. The van der Waals surface area contributed by atoms with Gasteiger partial charge in [-0.3, -0.25) is 0 Å². The first-order valence-corrected chi connectivity index (χ1v) is 4.73. The first-order chi connectivity index (χ1) is 6.24. The van der Waals surface area contributed by atoms with Crippen LogP contribution in [-0.4, -0.2) is 19.9 Å². The second kappa shape index (κ2) is 5.18. The summed E-state index contributed by atoms with van der Waals surface area (Å²) in [5.74, 6) is -0.363. The van der Waals surface area contributed by atoms with E-state index in [2.05, 4.69) is 27.3 Å². The molecule has 4 heteroatoms. The Hall–Kier alpha value is -0.620. The van der Waals surface area contributed by atoms with Crippen LogP contribution in [0.3, 0.4) is 0 Å². The molecule has 0 aliphatic carbocycles. The summed E-state index contributed by atoms with van der Waals surface area (Å²) in [6.07, 6.45) is 0. The van der Waals surface area contributed by atoms with Crippen molar-refractivity contribution in [2.75, 3.05) is 13.9 Å². The van der Waals surface area contributed by atoms with Crippen LogP contribution in [0.4, 0.5) is 0 Å². The number of hydrogen-bond donors (Lipinski definition) is 0. The molecule has 3 nitrogen and oxygen atoms in total. The van der Waals surface area contributed by atoms with E-state index < -0.39 is 0 Å². The highest BCUT2D eigenvalue weighted by molar-refractivity contribution is 14.1. The van der Waals surface area contributed by atoms with Crippen LogP contribution in [0, 0.1) is 3.57 Å². The van der Waals surface area contributed by atoms with Crippen molar-refractivity contribution in [3.05, 3.63) is 33.4 Å². The summed E-state index contributed by atoms with van der Waals surface area (Å²) in [7, 11) is 1.47. The zero-order valence-corrected chi connectivity index (χ0v) is 9.28. The average Bonchev–Trinajstić information content (AvgIpc) is 2.15. The largest absolute Gasteiger partial charge is 0.435 e. The molecule has 1 aromatic rings. The Morgan fingerprint density at radius 1 is 1.38 bits per heavy atom. The number of ether oxygens (including phenoxy) is 2. The molecule has 0 aliphatic rings. The summed E-state index contributed by atoms with van der Waals surface area (Å²) in [5, 5.41) is 0. The van der Waals surface area contributed by atoms with Crippen molar-refractivity contribution >= 4 is 28.6 Å². The Morgan fingerprint density at radius 2 is 2.00 bits per heavy atom. The molecule has 0 radical (unpaired) electrons. The van der Waals surface area contributed by atoms with E-state index in [9.17, 15) is 4.79 Å². The SMILES string of the molecule is COCOC(=O)c1ccc(I)cc1. The molecule has 0 spiro atoms. The van der Waals surface area contributed by atoms with Gasteiger partial charge in [0.05, 0.1) is 5.56 Å². The van der Waals surface area contributed by atoms with E-state index in [1.807, 2.05) is 12.1 Å². The summed E-state index contributed by atoms with van der Waals surface area (Å²) >= 11 is 2.17. The zero-order valence-electron chi connectivity index (χ0n) is 7.12. The molecule has 1 aromatic carbocycles. The van der Waals surface area contributed by atoms with Crippen LogP contribution < -0.4 is 0 Å². The van der Waals surface area contributed by atoms with Crippen molar-refractivity contribution in [3.63, 3.8) is 0 Å². The van der Waals surface area contributed by atoms with Gasteiger partial charge < -0.3 is 9.47 Å². The lowest BCUT2D eigenvalue weighted by Crippen LogP contribution is -2.07. The number of carbonyl (C=O) groups is 1. The van der Waals surface area contributed by atoms with E-state index in [4.69, 9.17) is 4.74 Å². The van der Waals surface area contributed by atoms with Crippen LogP contribution in [0.1, 0.15) is 10.4 Å². The Morgan fingerprint density at radius 3 is 2.54 bits per heavy atom. The third-order valence-electron chi connectivity index (χ3n) is 1.39. The minimum Gasteiger partial charge on any atom is -0.435 e. The van der Waals surface area contributed by atoms with Crippen molar-refractivity contribution in [2.45, 2.75) is 0 Å². The van der Waals surface area contributed by atoms with E-state index in [1.165, 1.54) is 7.11 Å². The fourth-order valence-electron chi connectivity index (χ4n) is 0.782. The van der Waals surface area contributed by atoms with Gasteiger partial charge in [0, 0.05) is 10.7 Å². The number of methoxy groups -OCH3 is 1. The van der Waals surface area contributed by atoms with E-state index in [0.29, 0.717) is 5.56 Å². The molecule has 0 amide bonds. The van der Waals surface area contributed by atoms with Crippen molar-refractivity contribution in [1.29, 1.82) is 0 Å². The van der Waals surface area contributed by atoms with Crippen molar-refractivity contribution in [2.24, 2.45) is 0 Å². The summed E-state index contributed by atoms with van der Waals surface area (Å²) < 4.78 is 10.5. The fraction of sp³-hybridized carbons (Fsp3) is 0.222. The van der Waals surface area contributed by atoms with Crippen LogP contribution in [0.5, 0.6) is 0 Å². The van der Waals surface area contributed by atoms with Crippen molar-refractivity contribution in [3.8, 4) is 0 Å². The average molecular weight is 292 g/mol. The number of benzene rings is 1. The highest BCUT2D eigenvalue weighted by atomic mass is 127. The monoisotopic (exact) mass is 292 g/mol. The molecule has 13 heavy (non-hydrogen) atoms. The molecule has 0 saturated heterocycles. The maximum absolute atomic E-state index is 11.2. The first kappa shape index (κ1) is 10.5. The van der Waals surface area contributed by atoms with E-state index in [-0.39, 0.29) is 12.8 Å². The molecule has 0 aromatic heterocycles. The highest BCUT2D eigenvalue weighted by Crippen LogP contribution is 2.07. The normalized spacial score (nSPS) is 9.69. The summed E-state index contributed by atoms with van der Waals surface area (Å²) in [4.78, 5) is 11.2. The van der Waals surface area contributed by atoms with Crippen molar-refractivity contribution < 1.29 is 14.3 Å². The Bertz CT molecular complexity index is 281. The van der Waals surface area contributed by atoms with Gasteiger partial charge in [0.2, 0.25) is 0 Å². The topological polar surface area (TPSA) is 35.5 Å². The van der Waals surface area contributed by atoms with Crippen molar-refractivity contribution in [1.82, 2.24) is 0 Å². The van der Waals surface area contributed by atoms with Crippen LogP contribution in [0.15, 0.2) is 24.3 Å². The second-order valence-corrected chi connectivity index (χ2v) is 3.59. The molecule has 0 heterocycles. The Labute approximate surface area is 90.2 Å². The van der Waals surface area contributed by atoms with Gasteiger partial charge in [-0.1, -0.05) is 0 Å². The molecular weight excluding hydrogens is 283 g/mol. The Kier molecular flexibility index (Phi) is 4.17. The Balaban J connectivity index is 2.61. The maximum atomic E-state index is 11.2. The smallest absolute Gasteiger partial charge is 0.340 e. The zero-order chi connectivity index (χ0) is 9.68. The van der Waals surface area contributed by atoms with Gasteiger partial charge in [-0.15, -0.1) is 0 Å².